The Morgan fingerprint density at radius 3 is 2.56 bits per heavy atom. The second-order valence-corrected chi connectivity index (χ2v) is 3.82. The van der Waals surface area contributed by atoms with Gasteiger partial charge in [-0.2, -0.15) is 0 Å². The van der Waals surface area contributed by atoms with Crippen molar-refractivity contribution in [2.45, 2.75) is 19.1 Å². The van der Waals surface area contributed by atoms with E-state index in [-0.39, 0.29) is 12.2 Å². The van der Waals surface area contributed by atoms with Crippen LogP contribution in [0.1, 0.15) is 18.6 Å². The van der Waals surface area contributed by atoms with E-state index in [1.54, 1.807) is 0 Å². The van der Waals surface area contributed by atoms with Crippen molar-refractivity contribution >= 4 is 11.6 Å². The maximum absolute atomic E-state index is 13.5. The Morgan fingerprint density at radius 2 is 2.00 bits per heavy atom. The van der Waals surface area contributed by atoms with Crippen molar-refractivity contribution in [1.82, 2.24) is 5.32 Å². The van der Waals surface area contributed by atoms with Crippen LogP contribution in [0, 0.1) is 11.6 Å². The van der Waals surface area contributed by atoms with Crippen molar-refractivity contribution in [3.05, 3.63) is 29.3 Å². The van der Waals surface area contributed by atoms with E-state index in [0.717, 1.165) is 12.1 Å². The van der Waals surface area contributed by atoms with Gasteiger partial charge >= 0.3 is 0 Å². The first-order chi connectivity index (χ1) is 8.34. The van der Waals surface area contributed by atoms with Gasteiger partial charge in [0.15, 0.2) is 11.6 Å². The van der Waals surface area contributed by atoms with Crippen LogP contribution in [0.4, 0.5) is 14.5 Å². The summed E-state index contributed by atoms with van der Waals surface area (Å²) in [6.45, 7) is 0.949. The zero-order valence-electron chi connectivity index (χ0n) is 9.65. The minimum atomic E-state index is -1.66. The van der Waals surface area contributed by atoms with Crippen molar-refractivity contribution in [3.8, 4) is 0 Å². The van der Waals surface area contributed by atoms with Gasteiger partial charge in [0.25, 0.3) is 0 Å². The van der Waals surface area contributed by atoms with Crippen LogP contribution in [0.2, 0.25) is 0 Å². The Balaban J connectivity index is 2.86. The van der Waals surface area contributed by atoms with Gasteiger partial charge in [0.1, 0.15) is 12.2 Å². The predicted octanol–water partition coefficient (Wildman–Crippen LogP) is 0.0774. The van der Waals surface area contributed by atoms with Gasteiger partial charge in [0.2, 0.25) is 5.91 Å². The summed E-state index contributed by atoms with van der Waals surface area (Å²) in [7, 11) is 0. The van der Waals surface area contributed by atoms with Crippen molar-refractivity contribution in [2.24, 2.45) is 0 Å². The van der Waals surface area contributed by atoms with Crippen LogP contribution in [0.25, 0.3) is 0 Å². The monoisotopic (exact) mass is 260 g/mol. The highest BCUT2D eigenvalue weighted by Crippen LogP contribution is 2.25. The lowest BCUT2D eigenvalue weighted by Gasteiger charge is -2.19. The van der Waals surface area contributed by atoms with Crippen LogP contribution in [0.5, 0.6) is 0 Å². The first-order valence-electron chi connectivity index (χ1n) is 5.18. The van der Waals surface area contributed by atoms with Gasteiger partial charge < -0.3 is 21.3 Å². The number of benzene rings is 1. The molecule has 0 spiro atoms. The van der Waals surface area contributed by atoms with E-state index in [0.29, 0.717) is 0 Å². The summed E-state index contributed by atoms with van der Waals surface area (Å²) in [4.78, 5) is 10.6. The average Bonchev–Trinajstić information content (AvgIpc) is 2.32. The molecule has 1 aromatic rings. The van der Waals surface area contributed by atoms with E-state index in [9.17, 15) is 23.8 Å². The van der Waals surface area contributed by atoms with E-state index < -0.39 is 35.3 Å². The standard InChI is InChI=1S/C11H14F2N2O3/c1-5(16)15-4-8(17)11(18)6-2-3-7(14)10(13)9(6)12/h2-3,8,11,17-18H,4,14H2,1H3,(H,15,16). The SMILES string of the molecule is CC(=O)NCC(O)C(O)c1ccc(N)c(F)c1F. The molecule has 0 fully saturated rings. The maximum atomic E-state index is 13.5. The number of hydrogen-bond donors (Lipinski definition) is 4. The molecule has 100 valence electrons. The van der Waals surface area contributed by atoms with Gasteiger partial charge in [-0.15, -0.1) is 0 Å². The first-order valence-corrected chi connectivity index (χ1v) is 5.18. The highest BCUT2D eigenvalue weighted by atomic mass is 19.2. The van der Waals surface area contributed by atoms with Gasteiger partial charge in [-0.1, -0.05) is 6.07 Å². The third kappa shape index (κ3) is 3.14. The molecule has 2 unspecified atom stereocenters. The fraction of sp³-hybridized carbons (Fsp3) is 0.364. The fourth-order valence-electron chi connectivity index (χ4n) is 1.37. The Bertz CT molecular complexity index is 454. The van der Waals surface area contributed by atoms with E-state index in [4.69, 9.17) is 5.73 Å². The molecule has 0 aliphatic rings. The number of carbonyl (C=O) groups is 1. The molecule has 0 aliphatic carbocycles. The summed E-state index contributed by atoms with van der Waals surface area (Å²) in [6.07, 6.45) is -3.11. The van der Waals surface area contributed by atoms with Crippen molar-refractivity contribution in [1.29, 1.82) is 0 Å². The number of halogens is 2. The number of amides is 1. The van der Waals surface area contributed by atoms with Crippen LogP contribution >= 0.6 is 0 Å². The van der Waals surface area contributed by atoms with Crippen LogP contribution in [-0.4, -0.2) is 28.8 Å². The number of aliphatic hydroxyl groups excluding tert-OH is 2. The molecule has 1 aromatic carbocycles. The number of rotatable bonds is 4. The molecule has 0 radical (unpaired) electrons. The molecule has 5 N–H and O–H groups in total. The van der Waals surface area contributed by atoms with Crippen LogP contribution in [0.3, 0.4) is 0 Å². The molecule has 1 amide bonds. The minimum absolute atomic E-state index is 0.276. The smallest absolute Gasteiger partial charge is 0.216 e. The Hall–Kier alpha value is -1.73. The van der Waals surface area contributed by atoms with Gasteiger partial charge in [0.05, 0.1) is 5.69 Å². The summed E-state index contributed by atoms with van der Waals surface area (Å²) in [5.41, 5.74) is 4.34. The van der Waals surface area contributed by atoms with Crippen LogP contribution in [0.15, 0.2) is 12.1 Å². The predicted molar refractivity (Wildman–Crippen MR) is 60.4 cm³/mol. The topological polar surface area (TPSA) is 95.6 Å². The van der Waals surface area contributed by atoms with Gasteiger partial charge in [-0.05, 0) is 6.07 Å². The number of anilines is 1. The molecule has 1 rings (SSSR count). The fourth-order valence-corrected chi connectivity index (χ4v) is 1.37. The molecule has 0 aromatic heterocycles. The molecule has 0 bridgehead atoms. The highest BCUT2D eigenvalue weighted by Gasteiger charge is 2.24. The Labute approximate surface area is 102 Å². The molecule has 18 heavy (non-hydrogen) atoms. The zero-order chi connectivity index (χ0) is 13.9. The lowest BCUT2D eigenvalue weighted by atomic mass is 10.0. The molecular formula is C11H14F2N2O3. The number of aliphatic hydroxyl groups is 2. The quantitative estimate of drug-likeness (QED) is 0.576. The molecule has 0 heterocycles. The molecule has 0 aliphatic heterocycles. The van der Waals surface area contributed by atoms with Crippen molar-refractivity contribution in [3.63, 3.8) is 0 Å². The average molecular weight is 260 g/mol. The lowest BCUT2D eigenvalue weighted by Crippen LogP contribution is -2.34. The van der Waals surface area contributed by atoms with E-state index in [1.165, 1.54) is 6.92 Å². The van der Waals surface area contributed by atoms with Crippen molar-refractivity contribution in [2.75, 3.05) is 12.3 Å². The van der Waals surface area contributed by atoms with Crippen molar-refractivity contribution < 1.29 is 23.8 Å². The largest absolute Gasteiger partial charge is 0.396 e. The summed E-state index contributed by atoms with van der Waals surface area (Å²) in [5, 5.41) is 21.4. The van der Waals surface area contributed by atoms with E-state index in [1.807, 2.05) is 0 Å². The second-order valence-electron chi connectivity index (χ2n) is 3.82. The van der Waals surface area contributed by atoms with Crippen LogP contribution in [-0.2, 0) is 4.79 Å². The highest BCUT2D eigenvalue weighted by molar-refractivity contribution is 5.72. The van der Waals surface area contributed by atoms with E-state index in [2.05, 4.69) is 5.32 Å². The minimum Gasteiger partial charge on any atom is -0.396 e. The number of nitrogens with one attached hydrogen (secondary N) is 1. The summed E-state index contributed by atoms with van der Waals surface area (Å²) < 4.78 is 26.6. The third-order valence-corrected chi connectivity index (χ3v) is 2.39. The van der Waals surface area contributed by atoms with Gasteiger partial charge in [-0.3, -0.25) is 4.79 Å². The second kappa shape index (κ2) is 5.74. The molecule has 2 atom stereocenters. The van der Waals surface area contributed by atoms with E-state index >= 15 is 0 Å². The molecule has 0 saturated carbocycles. The van der Waals surface area contributed by atoms with Gasteiger partial charge in [-0.25, -0.2) is 8.78 Å². The Morgan fingerprint density at radius 1 is 1.39 bits per heavy atom. The Kier molecular flexibility index (Phi) is 4.57. The molecular weight excluding hydrogens is 246 g/mol. The first kappa shape index (κ1) is 14.3. The van der Waals surface area contributed by atoms with Crippen LogP contribution < -0.4 is 11.1 Å². The molecule has 5 nitrogen and oxygen atoms in total. The lowest BCUT2D eigenvalue weighted by molar-refractivity contribution is -0.119. The number of nitrogens with two attached hydrogens (primary N) is 1. The zero-order valence-corrected chi connectivity index (χ0v) is 9.65. The molecule has 7 heteroatoms. The normalized spacial score (nSPS) is 14.1. The molecule has 0 saturated heterocycles. The number of hydrogen-bond acceptors (Lipinski definition) is 4. The maximum Gasteiger partial charge on any atom is 0.216 e. The summed E-state index contributed by atoms with van der Waals surface area (Å²) >= 11 is 0. The van der Waals surface area contributed by atoms with Gasteiger partial charge in [0, 0.05) is 19.0 Å². The number of nitrogen functional groups attached to an aromatic ring is 1. The third-order valence-electron chi connectivity index (χ3n) is 2.39. The summed E-state index contributed by atoms with van der Waals surface area (Å²) in [5.74, 6) is -3.01. The number of carbonyl (C=O) groups excluding carboxylic acids is 1. The summed E-state index contributed by atoms with van der Waals surface area (Å²) in [6, 6.07) is 2.16.